The van der Waals surface area contributed by atoms with E-state index in [0.29, 0.717) is 6.42 Å². The van der Waals surface area contributed by atoms with Gasteiger partial charge in [-0.05, 0) is 72.5 Å². The zero-order chi connectivity index (χ0) is 24.9. The van der Waals surface area contributed by atoms with Gasteiger partial charge in [0.05, 0.1) is 12.2 Å². The van der Waals surface area contributed by atoms with Crippen molar-refractivity contribution in [3.8, 4) is 5.75 Å². The lowest BCUT2D eigenvalue weighted by molar-refractivity contribution is -0.136. The van der Waals surface area contributed by atoms with Crippen LogP contribution in [0.2, 0.25) is 0 Å². The van der Waals surface area contributed by atoms with Crippen LogP contribution < -0.4 is 15.0 Å². The summed E-state index contributed by atoms with van der Waals surface area (Å²) in [6.07, 6.45) is 1.56. The van der Waals surface area contributed by atoms with E-state index in [-0.39, 0.29) is 18.6 Å². The van der Waals surface area contributed by atoms with E-state index in [1.54, 1.807) is 0 Å². The fourth-order valence-corrected chi connectivity index (χ4v) is 5.02. The van der Waals surface area contributed by atoms with Crippen molar-refractivity contribution in [3.05, 3.63) is 102 Å². The highest BCUT2D eigenvalue weighted by molar-refractivity contribution is 5.86. The van der Waals surface area contributed by atoms with Crippen molar-refractivity contribution in [1.29, 1.82) is 0 Å². The Labute approximate surface area is 212 Å². The van der Waals surface area contributed by atoms with Crippen LogP contribution in [0.25, 0.3) is 10.8 Å². The van der Waals surface area contributed by atoms with Gasteiger partial charge < -0.3 is 20.1 Å². The number of carboxylic acid groups (broad SMARTS) is 1. The smallest absolute Gasteiger partial charge is 0.303 e. The van der Waals surface area contributed by atoms with Gasteiger partial charge >= 0.3 is 5.97 Å². The van der Waals surface area contributed by atoms with E-state index in [0.717, 1.165) is 42.2 Å². The first-order valence-corrected chi connectivity index (χ1v) is 12.6. The SMILES string of the molecule is CC(NCCC1CN(c2cccc(CCC(=O)O)c2)c2ccccc2O1)c1cccc2ccccc12. The first-order chi connectivity index (χ1) is 17.6. The summed E-state index contributed by atoms with van der Waals surface area (Å²) in [6.45, 7) is 3.79. The van der Waals surface area contributed by atoms with Crippen LogP contribution >= 0.6 is 0 Å². The molecule has 0 bridgehead atoms. The van der Waals surface area contributed by atoms with Crippen molar-refractivity contribution in [2.45, 2.75) is 38.3 Å². The Morgan fingerprint density at radius 1 is 1.03 bits per heavy atom. The van der Waals surface area contributed by atoms with Crippen LogP contribution in [0.1, 0.15) is 36.9 Å². The highest BCUT2D eigenvalue weighted by Crippen LogP contribution is 2.38. The summed E-state index contributed by atoms with van der Waals surface area (Å²) in [7, 11) is 0. The van der Waals surface area contributed by atoms with Crippen molar-refractivity contribution in [2.24, 2.45) is 0 Å². The first-order valence-electron chi connectivity index (χ1n) is 12.6. The topological polar surface area (TPSA) is 61.8 Å². The molecule has 0 aliphatic carbocycles. The van der Waals surface area contributed by atoms with Crippen LogP contribution in [0.3, 0.4) is 0 Å². The minimum atomic E-state index is -0.776. The molecule has 2 atom stereocenters. The quantitative estimate of drug-likeness (QED) is 0.286. The molecule has 4 aromatic carbocycles. The molecule has 36 heavy (non-hydrogen) atoms. The number of rotatable bonds is 9. The van der Waals surface area contributed by atoms with Gasteiger partial charge in [-0.15, -0.1) is 0 Å². The molecule has 0 aromatic heterocycles. The number of carbonyl (C=O) groups is 1. The van der Waals surface area contributed by atoms with Crippen molar-refractivity contribution in [3.63, 3.8) is 0 Å². The fourth-order valence-electron chi connectivity index (χ4n) is 5.02. The minimum Gasteiger partial charge on any atom is -0.486 e. The number of aryl methyl sites for hydroxylation is 1. The van der Waals surface area contributed by atoms with Crippen LogP contribution in [0.5, 0.6) is 5.75 Å². The summed E-state index contributed by atoms with van der Waals surface area (Å²) >= 11 is 0. The van der Waals surface area contributed by atoms with E-state index in [4.69, 9.17) is 9.84 Å². The second kappa shape index (κ2) is 10.8. The van der Waals surface area contributed by atoms with Crippen LogP contribution in [-0.4, -0.2) is 30.3 Å². The Kier molecular flexibility index (Phi) is 7.19. The molecule has 4 aromatic rings. The molecule has 2 unspecified atom stereocenters. The lowest BCUT2D eigenvalue weighted by Crippen LogP contribution is -2.39. The Morgan fingerprint density at radius 2 is 1.81 bits per heavy atom. The molecule has 5 rings (SSSR count). The van der Waals surface area contributed by atoms with Gasteiger partial charge in [-0.2, -0.15) is 0 Å². The highest BCUT2D eigenvalue weighted by atomic mass is 16.5. The average Bonchev–Trinajstić information content (AvgIpc) is 2.91. The monoisotopic (exact) mass is 480 g/mol. The van der Waals surface area contributed by atoms with E-state index in [2.05, 4.69) is 77.8 Å². The predicted molar refractivity (Wildman–Crippen MR) is 145 cm³/mol. The van der Waals surface area contributed by atoms with Gasteiger partial charge in [-0.1, -0.05) is 66.7 Å². The normalized spacial score (nSPS) is 15.8. The zero-order valence-corrected chi connectivity index (χ0v) is 20.6. The van der Waals surface area contributed by atoms with Crippen molar-refractivity contribution < 1.29 is 14.6 Å². The van der Waals surface area contributed by atoms with E-state index in [1.807, 2.05) is 30.3 Å². The maximum Gasteiger partial charge on any atom is 0.303 e. The number of aliphatic carboxylic acids is 1. The molecular formula is C31H32N2O3. The molecular weight excluding hydrogens is 448 g/mol. The summed E-state index contributed by atoms with van der Waals surface area (Å²) < 4.78 is 6.39. The molecule has 0 saturated heterocycles. The van der Waals surface area contributed by atoms with Gasteiger partial charge in [-0.25, -0.2) is 0 Å². The van der Waals surface area contributed by atoms with E-state index >= 15 is 0 Å². The molecule has 0 saturated carbocycles. The Hall–Kier alpha value is -3.83. The molecule has 1 aliphatic rings. The lowest BCUT2D eigenvalue weighted by atomic mass is 9.99. The third-order valence-electron chi connectivity index (χ3n) is 6.89. The Balaban J connectivity index is 1.28. The number of fused-ring (bicyclic) bond motifs is 2. The summed E-state index contributed by atoms with van der Waals surface area (Å²) in [5.41, 5.74) is 4.45. The van der Waals surface area contributed by atoms with Gasteiger partial charge in [-0.3, -0.25) is 4.79 Å². The van der Waals surface area contributed by atoms with Crippen LogP contribution in [0, 0.1) is 0 Å². The zero-order valence-electron chi connectivity index (χ0n) is 20.6. The molecule has 0 radical (unpaired) electrons. The van der Waals surface area contributed by atoms with Gasteiger partial charge in [0.25, 0.3) is 0 Å². The number of hydrogen-bond acceptors (Lipinski definition) is 4. The molecule has 184 valence electrons. The summed E-state index contributed by atoms with van der Waals surface area (Å²) in [5.74, 6) is 0.106. The van der Waals surface area contributed by atoms with Crippen LogP contribution in [0.15, 0.2) is 91.0 Å². The van der Waals surface area contributed by atoms with E-state index < -0.39 is 5.97 Å². The van der Waals surface area contributed by atoms with Crippen molar-refractivity contribution in [1.82, 2.24) is 5.32 Å². The number of nitrogens with zero attached hydrogens (tertiary/aromatic N) is 1. The van der Waals surface area contributed by atoms with E-state index in [9.17, 15) is 4.79 Å². The number of hydrogen-bond donors (Lipinski definition) is 2. The molecule has 0 fully saturated rings. The molecule has 2 N–H and O–H groups in total. The first kappa shape index (κ1) is 23.9. The van der Waals surface area contributed by atoms with Crippen LogP contribution in [0.4, 0.5) is 11.4 Å². The number of ether oxygens (including phenoxy) is 1. The van der Waals surface area contributed by atoms with Gasteiger partial charge in [0.1, 0.15) is 11.9 Å². The van der Waals surface area contributed by atoms with Crippen LogP contribution in [-0.2, 0) is 11.2 Å². The molecule has 5 nitrogen and oxygen atoms in total. The second-order valence-corrected chi connectivity index (χ2v) is 9.41. The van der Waals surface area contributed by atoms with Crippen molar-refractivity contribution in [2.75, 3.05) is 18.0 Å². The Bertz CT molecular complexity index is 1350. The standard InChI is InChI=1S/C31H32N2O3/c1-22(27-13-7-10-24-9-2-3-12-28(24)27)32-19-18-26-21-33(29-14-4-5-15-30(29)36-26)25-11-6-8-23(20-25)16-17-31(34)35/h2-15,20,22,26,32H,16-19,21H2,1H3,(H,34,35). The number of anilines is 2. The Morgan fingerprint density at radius 3 is 2.69 bits per heavy atom. The maximum absolute atomic E-state index is 11.0. The van der Waals surface area contributed by atoms with Gasteiger partial charge in [0.2, 0.25) is 0 Å². The number of carboxylic acids is 1. The summed E-state index contributed by atoms with van der Waals surface area (Å²) in [5, 5.41) is 15.3. The summed E-state index contributed by atoms with van der Waals surface area (Å²) in [6, 6.07) is 31.6. The number of benzene rings is 4. The average molecular weight is 481 g/mol. The van der Waals surface area contributed by atoms with Gasteiger partial charge in [0, 0.05) is 18.2 Å². The summed E-state index contributed by atoms with van der Waals surface area (Å²) in [4.78, 5) is 13.3. The molecule has 0 amide bonds. The third kappa shape index (κ3) is 5.37. The van der Waals surface area contributed by atoms with E-state index in [1.165, 1.54) is 16.3 Å². The lowest BCUT2D eigenvalue weighted by Gasteiger charge is -2.36. The largest absolute Gasteiger partial charge is 0.486 e. The fraction of sp³-hybridized carbons (Fsp3) is 0.258. The maximum atomic E-state index is 11.0. The highest BCUT2D eigenvalue weighted by Gasteiger charge is 2.26. The number of para-hydroxylation sites is 2. The van der Waals surface area contributed by atoms with Gasteiger partial charge in [0.15, 0.2) is 0 Å². The predicted octanol–water partition coefficient (Wildman–Crippen LogP) is 6.50. The minimum absolute atomic E-state index is 0.0368. The molecule has 0 spiro atoms. The molecule has 1 heterocycles. The second-order valence-electron chi connectivity index (χ2n) is 9.41. The molecule has 5 heteroatoms. The van der Waals surface area contributed by atoms with Crippen molar-refractivity contribution >= 4 is 28.1 Å². The third-order valence-corrected chi connectivity index (χ3v) is 6.89. The molecule has 1 aliphatic heterocycles. The number of nitrogens with one attached hydrogen (secondary N) is 1.